The van der Waals surface area contributed by atoms with E-state index in [1.165, 1.54) is 17.6 Å². The first-order valence-electron chi connectivity index (χ1n) is 7.60. The van der Waals surface area contributed by atoms with Crippen molar-refractivity contribution in [3.05, 3.63) is 24.2 Å². The summed E-state index contributed by atoms with van der Waals surface area (Å²) in [5, 5.41) is 7.58. The molecule has 1 aromatic rings. The molecular formula is C14H24N4O5S. The average molecular weight is 360 g/mol. The molecule has 1 heterocycles. The van der Waals surface area contributed by atoms with E-state index in [9.17, 15) is 18.0 Å². The maximum Gasteiger partial charge on any atom is 0.315 e. The summed E-state index contributed by atoms with van der Waals surface area (Å²) < 4.78 is 29.4. The predicted octanol–water partition coefficient (Wildman–Crippen LogP) is -0.133. The third-order valence-electron chi connectivity index (χ3n) is 3.22. The van der Waals surface area contributed by atoms with Gasteiger partial charge in [0.25, 0.3) is 0 Å². The Kier molecular flexibility index (Phi) is 8.27. The van der Waals surface area contributed by atoms with E-state index >= 15 is 0 Å². The Morgan fingerprint density at radius 3 is 2.62 bits per heavy atom. The summed E-state index contributed by atoms with van der Waals surface area (Å²) in [6.07, 6.45) is 2.00. The highest BCUT2D eigenvalue weighted by molar-refractivity contribution is 7.89. The van der Waals surface area contributed by atoms with Crippen LogP contribution >= 0.6 is 0 Å². The Morgan fingerprint density at radius 2 is 2.00 bits per heavy atom. The molecule has 0 aliphatic rings. The number of sulfonamides is 1. The lowest BCUT2D eigenvalue weighted by Gasteiger charge is -2.15. The largest absolute Gasteiger partial charge is 0.467 e. The zero-order chi connectivity index (χ0) is 18.0. The fraction of sp³-hybridized carbons (Fsp3) is 0.571. The summed E-state index contributed by atoms with van der Waals surface area (Å²) in [5.74, 6) is 0.317. The summed E-state index contributed by atoms with van der Waals surface area (Å²) in [4.78, 5) is 23.1. The number of amides is 3. The summed E-state index contributed by atoms with van der Waals surface area (Å²) in [6.45, 7) is 2.31. The predicted molar refractivity (Wildman–Crippen MR) is 88.7 cm³/mol. The number of nitrogens with zero attached hydrogens (tertiary/aromatic N) is 1. The molecule has 136 valence electrons. The molecule has 24 heavy (non-hydrogen) atoms. The summed E-state index contributed by atoms with van der Waals surface area (Å²) in [6, 6.07) is 2.96. The van der Waals surface area contributed by atoms with E-state index in [1.807, 2.05) is 0 Å². The van der Waals surface area contributed by atoms with E-state index in [4.69, 9.17) is 4.42 Å². The number of rotatable bonds is 10. The molecule has 1 aromatic heterocycles. The van der Waals surface area contributed by atoms with Crippen molar-refractivity contribution in [2.24, 2.45) is 0 Å². The quantitative estimate of drug-likeness (QED) is 0.502. The van der Waals surface area contributed by atoms with E-state index in [-0.39, 0.29) is 24.7 Å². The van der Waals surface area contributed by atoms with Gasteiger partial charge < -0.3 is 20.4 Å². The molecule has 10 heteroatoms. The van der Waals surface area contributed by atoms with Gasteiger partial charge in [-0.15, -0.1) is 0 Å². The van der Waals surface area contributed by atoms with Gasteiger partial charge in [-0.1, -0.05) is 0 Å². The van der Waals surface area contributed by atoms with Crippen LogP contribution in [0, 0.1) is 0 Å². The Bertz CT molecular complexity index is 615. The van der Waals surface area contributed by atoms with Crippen LogP contribution in [0.3, 0.4) is 0 Å². The number of hydrogen-bond acceptors (Lipinski definition) is 5. The maximum absolute atomic E-state index is 11.6. The van der Waals surface area contributed by atoms with Gasteiger partial charge in [-0.3, -0.25) is 4.79 Å². The van der Waals surface area contributed by atoms with E-state index in [1.54, 1.807) is 19.1 Å². The SMILES string of the molecule is CCS(=O)(=O)N(C)CCCNC(=O)CNC(=O)NCc1ccco1. The van der Waals surface area contributed by atoms with Crippen molar-refractivity contribution in [3.63, 3.8) is 0 Å². The second-order valence-electron chi connectivity index (χ2n) is 5.04. The van der Waals surface area contributed by atoms with Gasteiger partial charge in [0.15, 0.2) is 0 Å². The molecule has 0 atom stereocenters. The Labute approximate surface area is 141 Å². The minimum atomic E-state index is -3.20. The molecule has 9 nitrogen and oxygen atoms in total. The number of carbonyl (C=O) groups is 2. The molecule has 0 aromatic carbocycles. The molecular weight excluding hydrogens is 336 g/mol. The first-order chi connectivity index (χ1) is 11.3. The second-order valence-corrected chi connectivity index (χ2v) is 7.41. The highest BCUT2D eigenvalue weighted by Crippen LogP contribution is 1.98. The van der Waals surface area contributed by atoms with Crippen molar-refractivity contribution in [2.75, 3.05) is 32.4 Å². The number of hydrogen-bond donors (Lipinski definition) is 3. The highest BCUT2D eigenvalue weighted by Gasteiger charge is 2.14. The van der Waals surface area contributed by atoms with Crippen LogP contribution in [-0.2, 0) is 21.4 Å². The van der Waals surface area contributed by atoms with Crippen LogP contribution in [0.5, 0.6) is 0 Å². The van der Waals surface area contributed by atoms with Crippen LogP contribution in [0.4, 0.5) is 4.79 Å². The number of carbonyl (C=O) groups excluding carboxylic acids is 2. The normalized spacial score (nSPS) is 11.3. The minimum Gasteiger partial charge on any atom is -0.467 e. The fourth-order valence-corrected chi connectivity index (χ4v) is 2.60. The number of furan rings is 1. The molecule has 0 saturated carbocycles. The summed E-state index contributed by atoms with van der Waals surface area (Å²) >= 11 is 0. The molecule has 0 aliphatic carbocycles. The van der Waals surface area contributed by atoms with Gasteiger partial charge in [0, 0.05) is 20.1 Å². The van der Waals surface area contributed by atoms with Crippen molar-refractivity contribution in [1.29, 1.82) is 0 Å². The smallest absolute Gasteiger partial charge is 0.315 e. The molecule has 0 unspecified atom stereocenters. The molecule has 1 rings (SSSR count). The van der Waals surface area contributed by atoms with Gasteiger partial charge in [0.1, 0.15) is 5.76 Å². The molecule has 0 radical (unpaired) electrons. The van der Waals surface area contributed by atoms with Crippen molar-refractivity contribution in [2.45, 2.75) is 19.9 Å². The first kappa shape index (κ1) is 20.0. The minimum absolute atomic E-state index is 0.0485. The van der Waals surface area contributed by atoms with E-state index < -0.39 is 16.1 Å². The van der Waals surface area contributed by atoms with Crippen LogP contribution in [0.15, 0.2) is 22.8 Å². The average Bonchev–Trinajstić information content (AvgIpc) is 3.08. The molecule has 3 N–H and O–H groups in total. The third kappa shape index (κ3) is 7.47. The summed E-state index contributed by atoms with van der Waals surface area (Å²) in [7, 11) is -1.69. The van der Waals surface area contributed by atoms with Crippen molar-refractivity contribution < 1.29 is 22.4 Å². The molecule has 0 fully saturated rings. The van der Waals surface area contributed by atoms with Crippen LogP contribution < -0.4 is 16.0 Å². The Morgan fingerprint density at radius 1 is 1.25 bits per heavy atom. The molecule has 0 spiro atoms. The fourth-order valence-electron chi connectivity index (χ4n) is 1.76. The van der Waals surface area contributed by atoms with Crippen LogP contribution in [0.1, 0.15) is 19.1 Å². The molecule has 3 amide bonds. The zero-order valence-corrected chi connectivity index (χ0v) is 14.7. The van der Waals surface area contributed by atoms with E-state index in [2.05, 4.69) is 16.0 Å². The molecule has 0 saturated heterocycles. The van der Waals surface area contributed by atoms with Crippen molar-refractivity contribution >= 4 is 22.0 Å². The number of urea groups is 1. The lowest BCUT2D eigenvalue weighted by molar-refractivity contribution is -0.120. The van der Waals surface area contributed by atoms with Crippen LogP contribution in [0.2, 0.25) is 0 Å². The maximum atomic E-state index is 11.6. The van der Waals surface area contributed by atoms with Gasteiger partial charge in [-0.05, 0) is 25.5 Å². The molecule has 0 bridgehead atoms. The van der Waals surface area contributed by atoms with Gasteiger partial charge in [-0.2, -0.15) is 0 Å². The summed E-state index contributed by atoms with van der Waals surface area (Å²) in [5.41, 5.74) is 0. The third-order valence-corrected chi connectivity index (χ3v) is 5.09. The Balaban J connectivity index is 2.10. The first-order valence-corrected chi connectivity index (χ1v) is 9.21. The van der Waals surface area contributed by atoms with Crippen molar-refractivity contribution in [1.82, 2.24) is 20.3 Å². The van der Waals surface area contributed by atoms with Crippen molar-refractivity contribution in [3.8, 4) is 0 Å². The number of nitrogens with one attached hydrogen (secondary N) is 3. The monoisotopic (exact) mass is 360 g/mol. The van der Waals surface area contributed by atoms with E-state index in [0.29, 0.717) is 25.3 Å². The zero-order valence-electron chi connectivity index (χ0n) is 13.9. The van der Waals surface area contributed by atoms with Crippen LogP contribution in [-0.4, -0.2) is 57.1 Å². The van der Waals surface area contributed by atoms with Gasteiger partial charge in [-0.25, -0.2) is 17.5 Å². The Hall–Kier alpha value is -2.07. The lowest BCUT2D eigenvalue weighted by Crippen LogP contribution is -2.42. The van der Waals surface area contributed by atoms with E-state index in [0.717, 1.165) is 0 Å². The van der Waals surface area contributed by atoms with Gasteiger partial charge in [0.05, 0.1) is 25.1 Å². The lowest BCUT2D eigenvalue weighted by atomic mass is 10.4. The topological polar surface area (TPSA) is 121 Å². The van der Waals surface area contributed by atoms with Crippen LogP contribution in [0.25, 0.3) is 0 Å². The second kappa shape index (κ2) is 9.93. The van der Waals surface area contributed by atoms with Gasteiger partial charge in [0.2, 0.25) is 15.9 Å². The van der Waals surface area contributed by atoms with Gasteiger partial charge >= 0.3 is 6.03 Å². The highest BCUT2D eigenvalue weighted by atomic mass is 32.2. The molecule has 0 aliphatic heterocycles. The standard InChI is InChI=1S/C14H24N4O5S/c1-3-24(21,22)18(2)8-5-7-15-13(19)11-17-14(20)16-10-12-6-4-9-23-12/h4,6,9H,3,5,7-8,10-11H2,1-2H3,(H,15,19)(H2,16,17,20).